The van der Waals surface area contributed by atoms with Gasteiger partial charge in [0.15, 0.2) is 0 Å². The van der Waals surface area contributed by atoms with Gasteiger partial charge in [0, 0.05) is 5.54 Å². The molecule has 0 aliphatic carbocycles. The molecule has 0 aromatic heterocycles. The Kier molecular flexibility index (Phi) is 4.51. The van der Waals surface area contributed by atoms with Crippen LogP contribution in [0.3, 0.4) is 0 Å². The van der Waals surface area contributed by atoms with Gasteiger partial charge in [0.2, 0.25) is 0 Å². The molecule has 0 atom stereocenters. The summed E-state index contributed by atoms with van der Waals surface area (Å²) in [4.78, 5) is 0. The van der Waals surface area contributed by atoms with Gasteiger partial charge in [-0.25, -0.2) is 4.39 Å². The summed E-state index contributed by atoms with van der Waals surface area (Å²) in [5.41, 5.74) is 0.643. The van der Waals surface area contributed by atoms with Crippen LogP contribution in [0.1, 0.15) is 45.6 Å². The predicted molar refractivity (Wildman–Crippen MR) is 68.3 cm³/mol. The topological polar surface area (TPSA) is 35.8 Å². The van der Waals surface area contributed by atoms with Crippen molar-refractivity contribution in [3.63, 3.8) is 0 Å². The second-order valence-corrected chi connectivity index (χ2v) is 4.24. The number of hydrogen-bond donors (Lipinski definition) is 1. The highest BCUT2D eigenvalue weighted by Gasteiger charge is 2.24. The number of nitriles is 1. The first-order valence-electron chi connectivity index (χ1n) is 6.09. The lowest BCUT2D eigenvalue weighted by Gasteiger charge is -2.33. The fraction of sp³-hybridized carbons (Fsp3) is 0.500. The lowest BCUT2D eigenvalue weighted by Crippen LogP contribution is -2.36. The molecule has 0 bridgehead atoms. The first-order chi connectivity index (χ1) is 8.12. The number of nitrogens with one attached hydrogen (secondary N) is 1. The van der Waals surface area contributed by atoms with Gasteiger partial charge in [0.05, 0.1) is 5.69 Å². The van der Waals surface area contributed by atoms with Crippen LogP contribution in [-0.4, -0.2) is 5.54 Å². The van der Waals surface area contributed by atoms with E-state index in [4.69, 9.17) is 5.26 Å². The lowest BCUT2D eigenvalue weighted by atomic mass is 9.89. The number of benzene rings is 1. The first-order valence-corrected chi connectivity index (χ1v) is 6.09. The fourth-order valence-corrected chi connectivity index (χ4v) is 2.04. The molecule has 1 N–H and O–H groups in total. The summed E-state index contributed by atoms with van der Waals surface area (Å²) >= 11 is 0. The summed E-state index contributed by atoms with van der Waals surface area (Å²) in [6.45, 7) is 6.31. The molecule has 2 nitrogen and oxygen atoms in total. The summed E-state index contributed by atoms with van der Waals surface area (Å²) in [6.07, 6.45) is 2.84. The zero-order valence-corrected chi connectivity index (χ0v) is 10.7. The monoisotopic (exact) mass is 234 g/mol. The van der Waals surface area contributed by atoms with Crippen LogP contribution in [0.25, 0.3) is 0 Å². The van der Waals surface area contributed by atoms with Gasteiger partial charge in [-0.3, -0.25) is 0 Å². The Morgan fingerprint density at radius 1 is 1.24 bits per heavy atom. The minimum Gasteiger partial charge on any atom is -0.378 e. The van der Waals surface area contributed by atoms with Crippen LogP contribution in [0.15, 0.2) is 18.2 Å². The lowest BCUT2D eigenvalue weighted by molar-refractivity contribution is 0.420. The Labute approximate surface area is 102 Å². The van der Waals surface area contributed by atoms with Crippen molar-refractivity contribution < 1.29 is 4.39 Å². The van der Waals surface area contributed by atoms with E-state index < -0.39 is 5.82 Å². The van der Waals surface area contributed by atoms with Crippen molar-refractivity contribution in [3.05, 3.63) is 29.6 Å². The van der Waals surface area contributed by atoms with Crippen LogP contribution < -0.4 is 5.32 Å². The van der Waals surface area contributed by atoms with Crippen LogP contribution in [0.2, 0.25) is 0 Å². The summed E-state index contributed by atoms with van der Waals surface area (Å²) in [5, 5.41) is 12.3. The van der Waals surface area contributed by atoms with Gasteiger partial charge in [-0.05, 0) is 31.4 Å². The van der Waals surface area contributed by atoms with Crippen LogP contribution >= 0.6 is 0 Å². The number of rotatable bonds is 5. The van der Waals surface area contributed by atoms with Crippen molar-refractivity contribution in [2.75, 3.05) is 5.32 Å². The van der Waals surface area contributed by atoms with Crippen molar-refractivity contribution in [3.8, 4) is 6.07 Å². The molecule has 17 heavy (non-hydrogen) atoms. The molecule has 0 aliphatic rings. The smallest absolute Gasteiger partial charge is 0.143 e. The fourth-order valence-electron chi connectivity index (χ4n) is 2.04. The molecule has 0 amide bonds. The molecule has 0 heterocycles. The first kappa shape index (κ1) is 13.5. The van der Waals surface area contributed by atoms with Crippen molar-refractivity contribution in [1.29, 1.82) is 5.26 Å². The number of hydrogen-bond acceptors (Lipinski definition) is 2. The van der Waals surface area contributed by atoms with E-state index in [2.05, 4.69) is 26.1 Å². The van der Waals surface area contributed by atoms with Crippen molar-refractivity contribution in [2.45, 2.75) is 45.6 Å². The molecule has 0 spiro atoms. The third-order valence-electron chi connectivity index (χ3n) is 3.56. The highest BCUT2D eigenvalue weighted by molar-refractivity contribution is 5.59. The molecule has 0 aliphatic heterocycles. The SMILES string of the molecule is CCC(CC)(CC)Nc1cccc(F)c1C#N. The third kappa shape index (κ3) is 2.76. The van der Waals surface area contributed by atoms with E-state index in [0.717, 1.165) is 19.3 Å². The van der Waals surface area contributed by atoms with E-state index in [1.54, 1.807) is 12.1 Å². The largest absolute Gasteiger partial charge is 0.378 e. The Bertz CT molecular complexity index is 408. The highest BCUT2D eigenvalue weighted by Crippen LogP contribution is 2.28. The maximum absolute atomic E-state index is 13.5. The third-order valence-corrected chi connectivity index (χ3v) is 3.56. The Balaban J connectivity index is 3.10. The summed E-state index contributed by atoms with van der Waals surface area (Å²) < 4.78 is 13.5. The van der Waals surface area contributed by atoms with Gasteiger partial charge < -0.3 is 5.32 Å². The molecule has 1 rings (SSSR count). The molecule has 0 saturated carbocycles. The van der Waals surface area contributed by atoms with Crippen LogP contribution in [-0.2, 0) is 0 Å². The standard InChI is InChI=1S/C14H19FN2/c1-4-14(5-2,6-3)17-13-9-7-8-12(15)11(13)10-16/h7-9,17H,4-6H2,1-3H3. The maximum Gasteiger partial charge on any atom is 0.143 e. The molecule has 0 fully saturated rings. The zero-order valence-electron chi connectivity index (χ0n) is 10.7. The Morgan fingerprint density at radius 2 is 1.82 bits per heavy atom. The van der Waals surface area contributed by atoms with Crippen molar-refractivity contribution in [2.24, 2.45) is 0 Å². The van der Waals surface area contributed by atoms with E-state index in [9.17, 15) is 4.39 Å². The molecule has 0 radical (unpaired) electrons. The number of nitrogens with zero attached hydrogens (tertiary/aromatic N) is 1. The van der Waals surface area contributed by atoms with E-state index >= 15 is 0 Å². The summed E-state index contributed by atoms with van der Waals surface area (Å²) in [7, 11) is 0. The highest BCUT2D eigenvalue weighted by atomic mass is 19.1. The Morgan fingerprint density at radius 3 is 2.29 bits per heavy atom. The van der Waals surface area contributed by atoms with Crippen molar-refractivity contribution >= 4 is 5.69 Å². The average molecular weight is 234 g/mol. The van der Waals surface area contributed by atoms with Crippen LogP contribution in [0, 0.1) is 17.1 Å². The number of halogens is 1. The molecular formula is C14H19FN2. The van der Waals surface area contributed by atoms with E-state index in [-0.39, 0.29) is 11.1 Å². The molecule has 92 valence electrons. The molecular weight excluding hydrogens is 215 g/mol. The minimum absolute atomic E-state index is 0.0562. The second kappa shape index (κ2) is 5.67. The number of anilines is 1. The summed E-state index contributed by atoms with van der Waals surface area (Å²) in [5.74, 6) is -0.463. The molecule has 1 aromatic rings. The molecule has 1 aromatic carbocycles. The van der Waals surface area contributed by atoms with Gasteiger partial charge >= 0.3 is 0 Å². The normalized spacial score (nSPS) is 11.0. The van der Waals surface area contributed by atoms with Gasteiger partial charge in [-0.15, -0.1) is 0 Å². The van der Waals surface area contributed by atoms with E-state index in [1.807, 2.05) is 6.07 Å². The van der Waals surface area contributed by atoms with Gasteiger partial charge in [0.25, 0.3) is 0 Å². The maximum atomic E-state index is 13.5. The summed E-state index contributed by atoms with van der Waals surface area (Å²) in [6, 6.07) is 6.63. The minimum atomic E-state index is -0.463. The van der Waals surface area contributed by atoms with Crippen LogP contribution in [0.5, 0.6) is 0 Å². The zero-order chi connectivity index (χ0) is 12.9. The Hall–Kier alpha value is -1.56. The second-order valence-electron chi connectivity index (χ2n) is 4.24. The average Bonchev–Trinajstić information content (AvgIpc) is 2.36. The predicted octanol–water partition coefficient (Wildman–Crippen LogP) is 4.08. The molecule has 0 unspecified atom stereocenters. The molecule has 3 heteroatoms. The van der Waals surface area contributed by atoms with Crippen LogP contribution in [0.4, 0.5) is 10.1 Å². The van der Waals surface area contributed by atoms with E-state index in [1.165, 1.54) is 6.07 Å². The van der Waals surface area contributed by atoms with Gasteiger partial charge in [-0.2, -0.15) is 5.26 Å². The van der Waals surface area contributed by atoms with E-state index in [0.29, 0.717) is 5.69 Å². The van der Waals surface area contributed by atoms with Gasteiger partial charge in [-0.1, -0.05) is 26.8 Å². The molecule has 0 saturated heterocycles. The quantitative estimate of drug-likeness (QED) is 0.833. The van der Waals surface area contributed by atoms with Gasteiger partial charge in [0.1, 0.15) is 17.4 Å². The van der Waals surface area contributed by atoms with Crippen molar-refractivity contribution in [1.82, 2.24) is 0 Å².